The Bertz CT molecular complexity index is 348. The van der Waals surface area contributed by atoms with Crippen molar-refractivity contribution in [3.63, 3.8) is 0 Å². The van der Waals surface area contributed by atoms with Crippen LogP contribution in [0.25, 0.3) is 0 Å². The van der Waals surface area contributed by atoms with Gasteiger partial charge >= 0.3 is 0 Å². The molecule has 0 aliphatic carbocycles. The van der Waals surface area contributed by atoms with Gasteiger partial charge in [-0.15, -0.1) is 0 Å². The monoisotopic (exact) mass is 230 g/mol. The van der Waals surface area contributed by atoms with Gasteiger partial charge in [0.2, 0.25) is 10.0 Å². The van der Waals surface area contributed by atoms with Crippen LogP contribution in [-0.4, -0.2) is 30.1 Å². The number of rotatable bonds is 2. The van der Waals surface area contributed by atoms with Gasteiger partial charge in [-0.1, -0.05) is 6.42 Å². The van der Waals surface area contributed by atoms with E-state index in [0.29, 0.717) is 0 Å². The maximum absolute atomic E-state index is 12.0. The van der Waals surface area contributed by atoms with E-state index in [4.69, 9.17) is 5.26 Å². The highest BCUT2D eigenvalue weighted by Crippen LogP contribution is 2.27. The minimum Gasteiger partial charge on any atom is -0.211 e. The molecule has 0 radical (unpaired) electrons. The Morgan fingerprint density at radius 2 is 1.80 bits per heavy atom. The Balaban J connectivity index is 2.99. The molecule has 3 atom stereocenters. The fourth-order valence-electron chi connectivity index (χ4n) is 2.15. The SMILES string of the molecule is CC(C#N)S(=O)(=O)N1[C@H](C)CCC[C@@H]1C. The van der Waals surface area contributed by atoms with Gasteiger partial charge in [0.15, 0.2) is 5.25 Å². The van der Waals surface area contributed by atoms with Crippen molar-refractivity contribution in [2.24, 2.45) is 0 Å². The molecule has 1 unspecified atom stereocenters. The molecule has 0 saturated carbocycles. The average molecular weight is 230 g/mol. The van der Waals surface area contributed by atoms with Gasteiger partial charge in [0.05, 0.1) is 6.07 Å². The third-order valence-electron chi connectivity index (χ3n) is 3.04. The predicted octanol–water partition coefficient (Wildman–Crippen LogP) is 1.49. The Hall–Kier alpha value is -0.600. The highest BCUT2D eigenvalue weighted by molar-refractivity contribution is 7.90. The summed E-state index contributed by atoms with van der Waals surface area (Å²) in [6, 6.07) is 1.86. The number of hydrogen-bond acceptors (Lipinski definition) is 3. The van der Waals surface area contributed by atoms with Crippen molar-refractivity contribution in [3.05, 3.63) is 0 Å². The van der Waals surface area contributed by atoms with Crippen molar-refractivity contribution in [1.29, 1.82) is 5.26 Å². The van der Waals surface area contributed by atoms with Gasteiger partial charge in [0.25, 0.3) is 0 Å². The van der Waals surface area contributed by atoms with Gasteiger partial charge in [-0.05, 0) is 33.6 Å². The third kappa shape index (κ3) is 2.32. The standard InChI is InChI=1S/C10H18N2O2S/c1-8-5-4-6-9(2)12(8)15(13,14)10(3)7-11/h8-10H,4-6H2,1-3H3/t8-,9+,10?. The van der Waals surface area contributed by atoms with Crippen molar-refractivity contribution in [2.75, 3.05) is 0 Å². The summed E-state index contributed by atoms with van der Waals surface area (Å²) in [6.07, 6.45) is 2.85. The molecule has 15 heavy (non-hydrogen) atoms. The highest BCUT2D eigenvalue weighted by Gasteiger charge is 2.37. The molecule has 0 aromatic rings. The molecule has 0 aromatic heterocycles. The minimum atomic E-state index is -3.44. The first-order valence-electron chi connectivity index (χ1n) is 5.33. The molecule has 1 saturated heterocycles. The molecule has 0 aromatic carbocycles. The van der Waals surface area contributed by atoms with Crippen molar-refractivity contribution >= 4 is 10.0 Å². The molecule has 1 aliphatic rings. The lowest BCUT2D eigenvalue weighted by molar-refractivity contribution is 0.203. The summed E-state index contributed by atoms with van der Waals surface area (Å²) in [5.41, 5.74) is 0. The summed E-state index contributed by atoms with van der Waals surface area (Å²) in [4.78, 5) is 0. The van der Waals surface area contributed by atoms with E-state index in [9.17, 15) is 8.42 Å². The van der Waals surface area contributed by atoms with Gasteiger partial charge in [0, 0.05) is 12.1 Å². The first-order chi connectivity index (χ1) is 6.91. The summed E-state index contributed by atoms with van der Waals surface area (Å²) in [5, 5.41) is 7.77. The maximum atomic E-state index is 12.0. The van der Waals surface area contributed by atoms with Crippen molar-refractivity contribution in [2.45, 2.75) is 57.4 Å². The summed E-state index contributed by atoms with van der Waals surface area (Å²) in [7, 11) is -3.44. The van der Waals surface area contributed by atoms with E-state index in [1.165, 1.54) is 11.2 Å². The van der Waals surface area contributed by atoms with Crippen LogP contribution in [0.15, 0.2) is 0 Å². The van der Waals surface area contributed by atoms with E-state index >= 15 is 0 Å². The molecule has 1 rings (SSSR count). The molecule has 1 aliphatic heterocycles. The van der Waals surface area contributed by atoms with Crippen LogP contribution in [0.4, 0.5) is 0 Å². The van der Waals surface area contributed by atoms with Gasteiger partial charge < -0.3 is 0 Å². The Morgan fingerprint density at radius 1 is 1.33 bits per heavy atom. The molecule has 0 bridgehead atoms. The van der Waals surface area contributed by atoms with Crippen LogP contribution >= 0.6 is 0 Å². The van der Waals surface area contributed by atoms with Crippen molar-refractivity contribution in [1.82, 2.24) is 4.31 Å². The number of piperidine rings is 1. The number of nitrogens with zero attached hydrogens (tertiary/aromatic N) is 2. The molecular formula is C10H18N2O2S. The molecule has 0 spiro atoms. The Labute approximate surface area is 91.9 Å². The topological polar surface area (TPSA) is 61.2 Å². The van der Waals surface area contributed by atoms with E-state index in [-0.39, 0.29) is 12.1 Å². The molecular weight excluding hydrogens is 212 g/mol. The largest absolute Gasteiger partial charge is 0.230 e. The van der Waals surface area contributed by atoms with Crippen LogP contribution in [0.3, 0.4) is 0 Å². The van der Waals surface area contributed by atoms with E-state index < -0.39 is 15.3 Å². The van der Waals surface area contributed by atoms with Gasteiger partial charge in [0.1, 0.15) is 0 Å². The number of hydrogen-bond donors (Lipinski definition) is 0. The first-order valence-corrected chi connectivity index (χ1v) is 6.83. The lowest BCUT2D eigenvalue weighted by atomic mass is 10.0. The lowest BCUT2D eigenvalue weighted by Crippen LogP contribution is -2.50. The normalized spacial score (nSPS) is 30.8. The first kappa shape index (κ1) is 12.5. The second-order valence-corrected chi connectivity index (χ2v) is 6.43. The predicted molar refractivity (Wildman–Crippen MR) is 58.6 cm³/mol. The summed E-state index contributed by atoms with van der Waals surface area (Å²) < 4.78 is 25.6. The van der Waals surface area contributed by atoms with Crippen molar-refractivity contribution < 1.29 is 8.42 Å². The summed E-state index contributed by atoms with van der Waals surface area (Å²) in [6.45, 7) is 5.28. The third-order valence-corrected chi connectivity index (χ3v) is 5.34. The van der Waals surface area contributed by atoms with Crippen molar-refractivity contribution in [3.8, 4) is 6.07 Å². The van der Waals surface area contributed by atoms with Crippen LogP contribution in [0.5, 0.6) is 0 Å². The molecule has 0 N–H and O–H groups in total. The van der Waals surface area contributed by atoms with E-state index in [0.717, 1.165) is 19.3 Å². The van der Waals surface area contributed by atoms with E-state index in [1.54, 1.807) is 0 Å². The smallest absolute Gasteiger partial charge is 0.211 e. The van der Waals surface area contributed by atoms with Gasteiger partial charge in [-0.3, -0.25) is 0 Å². The fourth-order valence-corrected chi connectivity index (χ4v) is 3.86. The van der Waals surface area contributed by atoms with Crippen LogP contribution < -0.4 is 0 Å². The Kier molecular flexibility index (Phi) is 3.74. The van der Waals surface area contributed by atoms with Crippen LogP contribution in [0.2, 0.25) is 0 Å². The lowest BCUT2D eigenvalue weighted by Gasteiger charge is -2.38. The van der Waals surface area contributed by atoms with E-state index in [2.05, 4.69) is 0 Å². The molecule has 0 amide bonds. The number of sulfonamides is 1. The molecule has 1 heterocycles. The summed E-state index contributed by atoms with van der Waals surface area (Å²) >= 11 is 0. The molecule has 1 fully saturated rings. The molecule has 5 heteroatoms. The second-order valence-electron chi connectivity index (χ2n) is 4.28. The second kappa shape index (κ2) is 4.50. The summed E-state index contributed by atoms with van der Waals surface area (Å²) in [5.74, 6) is 0. The van der Waals surface area contributed by atoms with Gasteiger partial charge in [-0.2, -0.15) is 9.57 Å². The van der Waals surface area contributed by atoms with Crippen LogP contribution in [0.1, 0.15) is 40.0 Å². The maximum Gasteiger partial charge on any atom is 0.230 e. The zero-order valence-electron chi connectivity index (χ0n) is 9.47. The van der Waals surface area contributed by atoms with Crippen LogP contribution in [0, 0.1) is 11.3 Å². The minimum absolute atomic E-state index is 0.0227. The number of nitriles is 1. The van der Waals surface area contributed by atoms with E-state index in [1.807, 2.05) is 19.9 Å². The molecule has 4 nitrogen and oxygen atoms in total. The Morgan fingerprint density at radius 3 is 2.20 bits per heavy atom. The zero-order valence-corrected chi connectivity index (χ0v) is 10.3. The fraction of sp³-hybridized carbons (Fsp3) is 0.900. The molecule has 86 valence electrons. The average Bonchev–Trinajstić information content (AvgIpc) is 2.15. The highest BCUT2D eigenvalue weighted by atomic mass is 32.2. The zero-order chi connectivity index (χ0) is 11.6. The van der Waals surface area contributed by atoms with Crippen LogP contribution in [-0.2, 0) is 10.0 Å². The van der Waals surface area contributed by atoms with Gasteiger partial charge in [-0.25, -0.2) is 8.42 Å². The quantitative estimate of drug-likeness (QED) is 0.722.